The highest BCUT2D eigenvalue weighted by molar-refractivity contribution is 9.09. The van der Waals surface area contributed by atoms with E-state index >= 15 is 0 Å². The summed E-state index contributed by atoms with van der Waals surface area (Å²) in [7, 11) is 1.81. The molecule has 0 aliphatic carbocycles. The van der Waals surface area contributed by atoms with Gasteiger partial charge < -0.3 is 5.11 Å². The molecule has 10 heavy (non-hydrogen) atoms. The van der Waals surface area contributed by atoms with E-state index in [1.165, 1.54) is 0 Å². The Labute approximate surface area is 67.8 Å². The van der Waals surface area contributed by atoms with E-state index in [4.69, 9.17) is 0 Å². The summed E-state index contributed by atoms with van der Waals surface area (Å²) in [5, 5.41) is 13.8. The molecule has 1 atom stereocenters. The van der Waals surface area contributed by atoms with E-state index < -0.39 is 6.10 Å². The van der Waals surface area contributed by atoms with Crippen LogP contribution in [0.3, 0.4) is 0 Å². The third kappa shape index (κ3) is 1.38. The molecule has 0 aromatic carbocycles. The van der Waals surface area contributed by atoms with Crippen molar-refractivity contribution in [3.63, 3.8) is 0 Å². The van der Waals surface area contributed by atoms with Crippen molar-refractivity contribution in [1.29, 1.82) is 0 Å². The van der Waals surface area contributed by atoms with Gasteiger partial charge in [-0.25, -0.2) is 0 Å². The number of hydrogen-bond donors (Lipinski definition) is 1. The van der Waals surface area contributed by atoms with Gasteiger partial charge in [-0.1, -0.05) is 15.9 Å². The zero-order valence-electron chi connectivity index (χ0n) is 5.66. The molecule has 0 spiro atoms. The molecule has 3 nitrogen and oxygen atoms in total. The Kier molecular flexibility index (Phi) is 2.45. The van der Waals surface area contributed by atoms with Gasteiger partial charge >= 0.3 is 0 Å². The third-order valence-electron chi connectivity index (χ3n) is 1.35. The van der Waals surface area contributed by atoms with Crippen LogP contribution in [0.4, 0.5) is 0 Å². The molecule has 0 unspecified atom stereocenters. The van der Waals surface area contributed by atoms with Gasteiger partial charge in [0.15, 0.2) is 0 Å². The van der Waals surface area contributed by atoms with Crippen molar-refractivity contribution in [2.75, 3.05) is 5.33 Å². The number of aliphatic hydroxyl groups excluding tert-OH is 1. The zero-order valence-corrected chi connectivity index (χ0v) is 7.24. The van der Waals surface area contributed by atoms with Crippen molar-refractivity contribution in [2.45, 2.75) is 6.10 Å². The summed E-state index contributed by atoms with van der Waals surface area (Å²) in [4.78, 5) is 0. The molecule has 1 N–H and O–H groups in total. The van der Waals surface area contributed by atoms with Crippen LogP contribution in [0.15, 0.2) is 12.3 Å². The van der Waals surface area contributed by atoms with Crippen LogP contribution in [0.1, 0.15) is 11.8 Å². The second-order valence-electron chi connectivity index (χ2n) is 2.05. The Balaban J connectivity index is 2.82. The van der Waals surface area contributed by atoms with Crippen LogP contribution in [-0.2, 0) is 7.05 Å². The monoisotopic (exact) mass is 204 g/mol. The van der Waals surface area contributed by atoms with Crippen LogP contribution in [0.5, 0.6) is 0 Å². The quantitative estimate of drug-likeness (QED) is 0.726. The number of nitrogens with zero attached hydrogens (tertiary/aromatic N) is 2. The molecule has 1 rings (SSSR count). The minimum atomic E-state index is -0.451. The lowest BCUT2D eigenvalue weighted by Gasteiger charge is -2.05. The van der Waals surface area contributed by atoms with Crippen LogP contribution < -0.4 is 0 Å². The summed E-state index contributed by atoms with van der Waals surface area (Å²) < 4.78 is 1.66. The summed E-state index contributed by atoms with van der Waals surface area (Å²) in [6.45, 7) is 0. The molecule has 0 saturated heterocycles. The fourth-order valence-electron chi connectivity index (χ4n) is 0.790. The normalized spacial score (nSPS) is 13.5. The first-order valence-electron chi connectivity index (χ1n) is 2.97. The maximum Gasteiger partial charge on any atom is 0.105 e. The van der Waals surface area contributed by atoms with E-state index in [1.54, 1.807) is 24.0 Å². The van der Waals surface area contributed by atoms with E-state index in [0.29, 0.717) is 5.33 Å². The van der Waals surface area contributed by atoms with E-state index in [9.17, 15) is 5.11 Å². The van der Waals surface area contributed by atoms with Crippen molar-refractivity contribution >= 4 is 15.9 Å². The number of hydrogen-bond acceptors (Lipinski definition) is 2. The second kappa shape index (κ2) is 3.16. The van der Waals surface area contributed by atoms with Crippen LogP contribution in [0.2, 0.25) is 0 Å². The van der Waals surface area contributed by atoms with E-state index in [0.717, 1.165) is 5.69 Å². The largest absolute Gasteiger partial charge is 0.386 e. The second-order valence-corrected chi connectivity index (χ2v) is 2.70. The molecule has 0 saturated carbocycles. The number of aryl methyl sites for hydroxylation is 1. The number of halogens is 1. The lowest BCUT2D eigenvalue weighted by Crippen LogP contribution is -2.05. The molecular formula is C6H9BrN2O. The van der Waals surface area contributed by atoms with Crippen molar-refractivity contribution in [1.82, 2.24) is 9.78 Å². The molecular weight excluding hydrogens is 196 g/mol. The Hall–Kier alpha value is -0.350. The first kappa shape index (κ1) is 7.75. The zero-order chi connectivity index (χ0) is 7.56. The standard InChI is InChI=1S/C6H9BrN2O/c1-9-5(2-3-8-9)6(10)4-7/h2-3,6,10H,4H2,1H3/t6-/m0/s1. The molecule has 4 heteroatoms. The van der Waals surface area contributed by atoms with Gasteiger partial charge in [-0.2, -0.15) is 5.10 Å². The Morgan fingerprint density at radius 3 is 3.00 bits per heavy atom. The van der Waals surface area contributed by atoms with Crippen LogP contribution in [0.25, 0.3) is 0 Å². The average Bonchev–Trinajstić information content (AvgIpc) is 2.34. The Bertz CT molecular complexity index is 211. The van der Waals surface area contributed by atoms with Crippen LogP contribution in [0, 0.1) is 0 Å². The van der Waals surface area contributed by atoms with Gasteiger partial charge in [0.2, 0.25) is 0 Å². The number of alkyl halides is 1. The van der Waals surface area contributed by atoms with Crippen molar-refractivity contribution < 1.29 is 5.11 Å². The molecule has 0 aliphatic heterocycles. The summed E-state index contributed by atoms with van der Waals surface area (Å²) in [6, 6.07) is 1.80. The number of aromatic nitrogens is 2. The van der Waals surface area contributed by atoms with Crippen LogP contribution >= 0.6 is 15.9 Å². The van der Waals surface area contributed by atoms with Gasteiger partial charge in [-0.15, -0.1) is 0 Å². The first-order chi connectivity index (χ1) is 4.75. The molecule has 0 aliphatic rings. The summed E-state index contributed by atoms with van der Waals surface area (Å²) in [6.07, 6.45) is 1.22. The molecule has 56 valence electrons. The maximum atomic E-state index is 9.29. The van der Waals surface area contributed by atoms with Gasteiger partial charge in [0.25, 0.3) is 0 Å². The molecule has 1 aromatic heterocycles. The molecule has 1 heterocycles. The molecule has 0 bridgehead atoms. The summed E-state index contributed by atoms with van der Waals surface area (Å²) in [5.74, 6) is 0. The lowest BCUT2D eigenvalue weighted by atomic mass is 10.3. The molecule has 0 amide bonds. The van der Waals surface area contributed by atoms with E-state index in [2.05, 4.69) is 21.0 Å². The minimum absolute atomic E-state index is 0.451. The molecule has 1 aromatic rings. The Morgan fingerprint density at radius 1 is 1.90 bits per heavy atom. The highest BCUT2D eigenvalue weighted by Crippen LogP contribution is 2.12. The van der Waals surface area contributed by atoms with E-state index in [-0.39, 0.29) is 0 Å². The number of rotatable bonds is 2. The lowest BCUT2D eigenvalue weighted by molar-refractivity contribution is 0.195. The predicted molar refractivity (Wildman–Crippen MR) is 42.0 cm³/mol. The van der Waals surface area contributed by atoms with Crippen molar-refractivity contribution in [2.24, 2.45) is 7.05 Å². The third-order valence-corrected chi connectivity index (χ3v) is 1.96. The van der Waals surface area contributed by atoms with Gasteiger partial charge in [-0.05, 0) is 6.07 Å². The maximum absolute atomic E-state index is 9.29. The van der Waals surface area contributed by atoms with Gasteiger partial charge in [0, 0.05) is 18.6 Å². The number of aliphatic hydroxyl groups is 1. The minimum Gasteiger partial charge on any atom is -0.386 e. The first-order valence-corrected chi connectivity index (χ1v) is 4.09. The average molecular weight is 205 g/mol. The highest BCUT2D eigenvalue weighted by Gasteiger charge is 2.07. The van der Waals surface area contributed by atoms with Crippen molar-refractivity contribution in [3.05, 3.63) is 18.0 Å². The van der Waals surface area contributed by atoms with Gasteiger partial charge in [0.05, 0.1) is 5.69 Å². The predicted octanol–water partition coefficient (Wildman–Crippen LogP) is 0.848. The van der Waals surface area contributed by atoms with Gasteiger partial charge in [0.1, 0.15) is 6.10 Å². The fourth-order valence-corrected chi connectivity index (χ4v) is 1.12. The summed E-state index contributed by atoms with van der Waals surface area (Å²) in [5.41, 5.74) is 0.830. The fraction of sp³-hybridized carbons (Fsp3) is 0.500. The molecule has 0 radical (unpaired) electrons. The SMILES string of the molecule is Cn1nccc1[C@@H](O)CBr. The van der Waals surface area contributed by atoms with Crippen LogP contribution in [-0.4, -0.2) is 20.2 Å². The Morgan fingerprint density at radius 2 is 2.60 bits per heavy atom. The smallest absolute Gasteiger partial charge is 0.105 e. The summed E-state index contributed by atoms with van der Waals surface area (Å²) >= 11 is 3.18. The van der Waals surface area contributed by atoms with Gasteiger partial charge in [-0.3, -0.25) is 4.68 Å². The topological polar surface area (TPSA) is 38.0 Å². The molecule has 0 fully saturated rings. The van der Waals surface area contributed by atoms with Crippen molar-refractivity contribution in [3.8, 4) is 0 Å². The van der Waals surface area contributed by atoms with E-state index in [1.807, 2.05) is 0 Å². The highest BCUT2D eigenvalue weighted by atomic mass is 79.9.